The summed E-state index contributed by atoms with van der Waals surface area (Å²) in [6, 6.07) is 9.93. The molecule has 6 nitrogen and oxygen atoms in total. The van der Waals surface area contributed by atoms with Gasteiger partial charge in [0.15, 0.2) is 0 Å². The van der Waals surface area contributed by atoms with Gasteiger partial charge in [-0.3, -0.25) is 4.68 Å². The summed E-state index contributed by atoms with van der Waals surface area (Å²) in [5.41, 5.74) is 2.25. The van der Waals surface area contributed by atoms with Crippen LogP contribution in [0, 0.1) is 0 Å². The van der Waals surface area contributed by atoms with Crippen molar-refractivity contribution in [3.8, 4) is 0 Å². The minimum absolute atomic E-state index is 0.152. The molecular weight excluding hydrogens is 292 g/mol. The number of amides is 2. The number of benzene rings is 1. The first-order valence-corrected chi connectivity index (χ1v) is 7.98. The summed E-state index contributed by atoms with van der Waals surface area (Å²) >= 11 is 0. The molecule has 0 unspecified atom stereocenters. The summed E-state index contributed by atoms with van der Waals surface area (Å²) in [7, 11) is 0. The van der Waals surface area contributed by atoms with Gasteiger partial charge in [0, 0.05) is 32.1 Å². The molecule has 1 saturated heterocycles. The van der Waals surface area contributed by atoms with Gasteiger partial charge < -0.3 is 15.4 Å². The number of carbonyl (C=O) groups excluding carboxylic acids is 1. The second kappa shape index (κ2) is 7.78. The Labute approximate surface area is 135 Å². The van der Waals surface area contributed by atoms with Gasteiger partial charge in [0.05, 0.1) is 12.6 Å². The van der Waals surface area contributed by atoms with Gasteiger partial charge >= 0.3 is 6.03 Å². The van der Waals surface area contributed by atoms with Crippen LogP contribution in [0.25, 0.3) is 0 Å². The molecule has 1 aromatic heterocycles. The first-order chi connectivity index (χ1) is 11.3. The zero-order valence-corrected chi connectivity index (χ0v) is 13.1. The maximum absolute atomic E-state index is 11.8. The fourth-order valence-electron chi connectivity index (χ4n) is 2.60. The van der Waals surface area contributed by atoms with Gasteiger partial charge in [0.25, 0.3) is 0 Å². The average molecular weight is 314 g/mol. The topological polar surface area (TPSA) is 68.2 Å². The van der Waals surface area contributed by atoms with Crippen LogP contribution in [-0.4, -0.2) is 35.1 Å². The van der Waals surface area contributed by atoms with Crippen molar-refractivity contribution in [3.63, 3.8) is 0 Å². The van der Waals surface area contributed by atoms with Gasteiger partial charge in [-0.2, -0.15) is 5.10 Å². The summed E-state index contributed by atoms with van der Waals surface area (Å²) in [4.78, 5) is 11.8. The van der Waals surface area contributed by atoms with Gasteiger partial charge in [-0.15, -0.1) is 0 Å². The molecule has 6 heteroatoms. The molecule has 2 N–H and O–H groups in total. The number of ether oxygens (including phenoxy) is 1. The summed E-state index contributed by atoms with van der Waals surface area (Å²) in [5.74, 6) is 0. The van der Waals surface area contributed by atoms with Crippen LogP contribution in [0.1, 0.15) is 24.0 Å². The van der Waals surface area contributed by atoms with E-state index in [4.69, 9.17) is 4.74 Å². The lowest BCUT2D eigenvalue weighted by atomic mass is 10.1. The molecule has 1 atom stereocenters. The van der Waals surface area contributed by atoms with E-state index in [1.54, 1.807) is 6.20 Å². The number of rotatable bonds is 6. The molecule has 0 aliphatic carbocycles. The van der Waals surface area contributed by atoms with Gasteiger partial charge in [-0.05, 0) is 30.0 Å². The van der Waals surface area contributed by atoms with Crippen LogP contribution >= 0.6 is 0 Å². The van der Waals surface area contributed by atoms with Gasteiger partial charge in [0.2, 0.25) is 0 Å². The van der Waals surface area contributed by atoms with Gasteiger partial charge in [0.1, 0.15) is 0 Å². The quantitative estimate of drug-likeness (QED) is 0.856. The SMILES string of the molecule is O=C(NCc1ccc(Cn2cccn2)cc1)NC[C@@H]1CCCO1. The number of nitrogens with zero attached hydrogens (tertiary/aromatic N) is 2. The van der Waals surface area contributed by atoms with E-state index in [9.17, 15) is 4.79 Å². The Morgan fingerprint density at radius 3 is 2.78 bits per heavy atom. The molecule has 3 rings (SSSR count). The van der Waals surface area contributed by atoms with E-state index >= 15 is 0 Å². The smallest absolute Gasteiger partial charge is 0.315 e. The van der Waals surface area contributed by atoms with E-state index < -0.39 is 0 Å². The minimum atomic E-state index is -0.152. The molecule has 1 fully saturated rings. The Hall–Kier alpha value is -2.34. The maximum Gasteiger partial charge on any atom is 0.315 e. The Kier molecular flexibility index (Phi) is 5.26. The molecular formula is C17H22N4O2. The molecule has 1 aromatic carbocycles. The summed E-state index contributed by atoms with van der Waals surface area (Å²) in [6.07, 6.45) is 5.99. The van der Waals surface area contributed by atoms with Crippen LogP contribution < -0.4 is 10.6 Å². The minimum Gasteiger partial charge on any atom is -0.376 e. The molecule has 0 radical (unpaired) electrons. The number of carbonyl (C=O) groups is 1. The predicted molar refractivity (Wildman–Crippen MR) is 87.0 cm³/mol. The van der Waals surface area contributed by atoms with Gasteiger partial charge in [-0.1, -0.05) is 24.3 Å². The normalized spacial score (nSPS) is 17.1. The van der Waals surface area contributed by atoms with Crippen molar-refractivity contribution in [2.24, 2.45) is 0 Å². The highest BCUT2D eigenvalue weighted by Gasteiger charge is 2.15. The summed E-state index contributed by atoms with van der Waals surface area (Å²) in [6.45, 7) is 2.65. The second-order valence-electron chi connectivity index (χ2n) is 5.72. The molecule has 1 aliphatic rings. The number of urea groups is 1. The first-order valence-electron chi connectivity index (χ1n) is 7.98. The number of hydrogen-bond acceptors (Lipinski definition) is 3. The van der Waals surface area contributed by atoms with Gasteiger partial charge in [-0.25, -0.2) is 4.79 Å². The highest BCUT2D eigenvalue weighted by atomic mass is 16.5. The van der Waals surface area contributed by atoms with E-state index in [2.05, 4.69) is 27.9 Å². The van der Waals surface area contributed by atoms with Crippen molar-refractivity contribution in [1.82, 2.24) is 20.4 Å². The lowest BCUT2D eigenvalue weighted by Gasteiger charge is -2.12. The Bertz CT molecular complexity index is 604. The van der Waals surface area contributed by atoms with Crippen molar-refractivity contribution < 1.29 is 9.53 Å². The fourth-order valence-corrected chi connectivity index (χ4v) is 2.60. The van der Waals surface area contributed by atoms with Crippen LogP contribution in [0.3, 0.4) is 0 Å². The van der Waals surface area contributed by atoms with E-state index in [-0.39, 0.29) is 12.1 Å². The zero-order chi connectivity index (χ0) is 15.9. The molecule has 122 valence electrons. The maximum atomic E-state index is 11.8. The number of nitrogens with one attached hydrogen (secondary N) is 2. The molecule has 0 spiro atoms. The largest absolute Gasteiger partial charge is 0.376 e. The average Bonchev–Trinajstić information content (AvgIpc) is 3.26. The molecule has 0 saturated carbocycles. The monoisotopic (exact) mass is 314 g/mol. The predicted octanol–water partition coefficient (Wildman–Crippen LogP) is 1.91. The molecule has 2 amide bonds. The van der Waals surface area contributed by atoms with E-state index in [1.165, 1.54) is 5.56 Å². The lowest BCUT2D eigenvalue weighted by molar-refractivity contribution is 0.111. The van der Waals surface area contributed by atoms with Crippen LogP contribution in [0.2, 0.25) is 0 Å². The van der Waals surface area contributed by atoms with E-state index in [1.807, 2.05) is 29.1 Å². The Morgan fingerprint density at radius 1 is 1.26 bits per heavy atom. The lowest BCUT2D eigenvalue weighted by Crippen LogP contribution is -2.39. The standard InChI is InChI=1S/C17H22N4O2/c22-17(19-12-16-3-1-10-23-16)18-11-14-4-6-15(7-5-14)13-21-9-2-8-20-21/h2,4-9,16H,1,3,10-13H2,(H2,18,19,22)/t16-/m0/s1. The van der Waals surface area contributed by atoms with Crippen molar-refractivity contribution in [2.45, 2.75) is 32.0 Å². The third kappa shape index (κ3) is 4.82. The van der Waals surface area contributed by atoms with Crippen molar-refractivity contribution in [1.29, 1.82) is 0 Å². The molecule has 2 heterocycles. The summed E-state index contributed by atoms with van der Waals surface area (Å²) < 4.78 is 7.35. The molecule has 23 heavy (non-hydrogen) atoms. The zero-order valence-electron chi connectivity index (χ0n) is 13.1. The van der Waals surface area contributed by atoms with Crippen LogP contribution in [0.5, 0.6) is 0 Å². The van der Waals surface area contributed by atoms with E-state index in [0.29, 0.717) is 13.1 Å². The summed E-state index contributed by atoms with van der Waals surface area (Å²) in [5, 5.41) is 9.90. The Balaban J connectivity index is 1.40. The van der Waals surface area contributed by atoms with Crippen LogP contribution in [-0.2, 0) is 17.8 Å². The van der Waals surface area contributed by atoms with Crippen LogP contribution in [0.15, 0.2) is 42.7 Å². The third-order valence-corrected chi connectivity index (χ3v) is 3.89. The van der Waals surface area contributed by atoms with E-state index in [0.717, 1.165) is 31.6 Å². The number of hydrogen-bond donors (Lipinski definition) is 2. The first kappa shape index (κ1) is 15.6. The highest BCUT2D eigenvalue weighted by Crippen LogP contribution is 2.10. The molecule has 1 aliphatic heterocycles. The number of aromatic nitrogens is 2. The highest BCUT2D eigenvalue weighted by molar-refractivity contribution is 5.73. The van der Waals surface area contributed by atoms with Crippen molar-refractivity contribution in [3.05, 3.63) is 53.9 Å². The van der Waals surface area contributed by atoms with Crippen molar-refractivity contribution in [2.75, 3.05) is 13.2 Å². The molecule has 2 aromatic rings. The van der Waals surface area contributed by atoms with Crippen LogP contribution in [0.4, 0.5) is 4.79 Å². The second-order valence-corrected chi connectivity index (χ2v) is 5.72. The fraction of sp³-hybridized carbons (Fsp3) is 0.412. The molecule has 0 bridgehead atoms. The van der Waals surface area contributed by atoms with Crippen molar-refractivity contribution >= 4 is 6.03 Å². The third-order valence-electron chi connectivity index (χ3n) is 3.89. The Morgan fingerprint density at radius 2 is 2.09 bits per heavy atom.